The summed E-state index contributed by atoms with van der Waals surface area (Å²) in [6, 6.07) is 17.6. The van der Waals surface area contributed by atoms with E-state index in [1.807, 2.05) is 24.3 Å². The van der Waals surface area contributed by atoms with E-state index in [0.717, 1.165) is 39.1 Å². The normalized spacial score (nSPS) is 12.2. The first-order valence-electron chi connectivity index (χ1n) is 10.2. The van der Waals surface area contributed by atoms with E-state index in [1.54, 1.807) is 12.1 Å². The van der Waals surface area contributed by atoms with Crippen LogP contribution >= 0.6 is 0 Å². The smallest absolute Gasteiger partial charge is 0.307 e. The highest BCUT2D eigenvalue weighted by molar-refractivity contribution is 5.79. The van der Waals surface area contributed by atoms with Crippen LogP contribution < -0.4 is 15.2 Å². The van der Waals surface area contributed by atoms with Crippen molar-refractivity contribution in [3.8, 4) is 22.6 Å². The van der Waals surface area contributed by atoms with E-state index in [2.05, 4.69) is 37.3 Å². The van der Waals surface area contributed by atoms with Gasteiger partial charge in [0.2, 0.25) is 0 Å². The molecule has 0 radical (unpaired) electrons. The van der Waals surface area contributed by atoms with Crippen LogP contribution in [0.25, 0.3) is 17.2 Å². The molecule has 0 bridgehead atoms. The van der Waals surface area contributed by atoms with Gasteiger partial charge in [0.15, 0.2) is 0 Å². The zero-order chi connectivity index (χ0) is 21.8. The Morgan fingerprint density at radius 1 is 1.13 bits per heavy atom. The molecule has 158 valence electrons. The summed E-state index contributed by atoms with van der Waals surface area (Å²) in [5.74, 6) is 0.547. The quantitative estimate of drug-likeness (QED) is 0.583. The number of nitrogens with two attached hydrogens (primary N) is 1. The number of hydrogen-bond acceptors (Lipinski definition) is 4. The molecular weight excluding hydrogens is 390 g/mol. The van der Waals surface area contributed by atoms with Crippen LogP contribution in [0.5, 0.6) is 11.5 Å². The van der Waals surface area contributed by atoms with Crippen molar-refractivity contribution in [2.45, 2.75) is 26.5 Å². The van der Waals surface area contributed by atoms with Gasteiger partial charge in [-0.05, 0) is 59.5 Å². The number of aliphatic carboxylic acids is 1. The first-order valence-corrected chi connectivity index (χ1v) is 10.2. The molecule has 0 saturated carbocycles. The maximum atomic E-state index is 11.1. The van der Waals surface area contributed by atoms with Crippen LogP contribution in [0.1, 0.15) is 27.8 Å². The number of carboxylic acids is 1. The van der Waals surface area contributed by atoms with Crippen LogP contribution in [0.15, 0.2) is 60.7 Å². The van der Waals surface area contributed by atoms with Crippen molar-refractivity contribution in [3.63, 3.8) is 0 Å². The number of benzene rings is 3. The van der Waals surface area contributed by atoms with Gasteiger partial charge in [-0.3, -0.25) is 4.79 Å². The molecule has 1 aliphatic heterocycles. The molecule has 0 aromatic heterocycles. The standard InChI is InChI=1S/C26H25NO4/c1-17-8-9-19(13-22(17)15-27)23-12-18(11-21-6-4-10-30-26(21)23)16-31-24-7-3-2-5-20(24)14-25(28)29/h2-9,11-13H,10,14-16,27H2,1H3,(H,28,29). The molecule has 0 amide bonds. The van der Waals surface area contributed by atoms with Crippen molar-refractivity contribution >= 4 is 12.0 Å². The van der Waals surface area contributed by atoms with E-state index in [4.69, 9.17) is 20.3 Å². The Morgan fingerprint density at radius 3 is 2.77 bits per heavy atom. The second kappa shape index (κ2) is 9.06. The Balaban J connectivity index is 1.68. The average Bonchev–Trinajstić information content (AvgIpc) is 2.78. The van der Waals surface area contributed by atoms with Crippen molar-refractivity contribution in [1.29, 1.82) is 0 Å². The van der Waals surface area contributed by atoms with Crippen LogP contribution in [-0.2, 0) is 24.4 Å². The van der Waals surface area contributed by atoms with Crippen molar-refractivity contribution in [2.75, 3.05) is 6.61 Å². The lowest BCUT2D eigenvalue weighted by molar-refractivity contribution is -0.136. The van der Waals surface area contributed by atoms with E-state index in [9.17, 15) is 4.79 Å². The van der Waals surface area contributed by atoms with Gasteiger partial charge in [0, 0.05) is 23.2 Å². The minimum Gasteiger partial charge on any atom is -0.489 e. The number of hydrogen-bond donors (Lipinski definition) is 2. The molecule has 0 fully saturated rings. The Kier molecular flexibility index (Phi) is 6.05. The third-order valence-electron chi connectivity index (χ3n) is 5.39. The van der Waals surface area contributed by atoms with Gasteiger partial charge < -0.3 is 20.3 Å². The fourth-order valence-corrected chi connectivity index (χ4v) is 3.78. The molecule has 5 heteroatoms. The maximum Gasteiger partial charge on any atom is 0.307 e. The predicted octanol–water partition coefficient (Wildman–Crippen LogP) is 4.73. The van der Waals surface area contributed by atoms with E-state index < -0.39 is 5.97 Å². The highest BCUT2D eigenvalue weighted by Crippen LogP contribution is 2.38. The number of para-hydroxylation sites is 1. The first-order chi connectivity index (χ1) is 15.0. The second-order valence-corrected chi connectivity index (χ2v) is 7.59. The highest BCUT2D eigenvalue weighted by Gasteiger charge is 2.16. The molecule has 3 aromatic carbocycles. The first kappa shape index (κ1) is 20.7. The van der Waals surface area contributed by atoms with Crippen molar-refractivity contribution < 1.29 is 19.4 Å². The number of aryl methyl sites for hydroxylation is 1. The Bertz CT molecular complexity index is 1150. The highest BCUT2D eigenvalue weighted by atomic mass is 16.5. The molecule has 3 N–H and O–H groups in total. The van der Waals surface area contributed by atoms with E-state index >= 15 is 0 Å². The van der Waals surface area contributed by atoms with Gasteiger partial charge in [0.25, 0.3) is 0 Å². The summed E-state index contributed by atoms with van der Waals surface area (Å²) in [5.41, 5.74) is 12.9. The Hall–Kier alpha value is -3.57. The fraction of sp³-hybridized carbons (Fsp3) is 0.192. The number of carboxylic acid groups (broad SMARTS) is 1. The topological polar surface area (TPSA) is 81.8 Å². The Morgan fingerprint density at radius 2 is 1.97 bits per heavy atom. The van der Waals surface area contributed by atoms with Gasteiger partial charge in [0.1, 0.15) is 24.7 Å². The minimum absolute atomic E-state index is 0.0760. The van der Waals surface area contributed by atoms with Gasteiger partial charge in [0.05, 0.1) is 6.42 Å². The number of ether oxygens (including phenoxy) is 2. The molecule has 0 aliphatic carbocycles. The lowest BCUT2D eigenvalue weighted by atomic mass is 9.94. The number of rotatable bonds is 7. The molecule has 1 heterocycles. The van der Waals surface area contributed by atoms with E-state index in [-0.39, 0.29) is 6.42 Å². The third kappa shape index (κ3) is 4.62. The molecule has 31 heavy (non-hydrogen) atoms. The SMILES string of the molecule is Cc1ccc(-c2cc(COc3ccccc3CC(=O)O)cc3c2OCC=C3)cc1CN. The van der Waals surface area contributed by atoms with Gasteiger partial charge in [-0.1, -0.05) is 36.4 Å². The van der Waals surface area contributed by atoms with Crippen LogP contribution in [0.4, 0.5) is 0 Å². The van der Waals surface area contributed by atoms with Crippen LogP contribution in [0.3, 0.4) is 0 Å². The molecule has 0 spiro atoms. The predicted molar refractivity (Wildman–Crippen MR) is 121 cm³/mol. The van der Waals surface area contributed by atoms with Crippen LogP contribution in [-0.4, -0.2) is 17.7 Å². The lowest BCUT2D eigenvalue weighted by Gasteiger charge is -2.20. The summed E-state index contributed by atoms with van der Waals surface area (Å²) in [5, 5.41) is 9.15. The molecule has 4 rings (SSSR count). The van der Waals surface area contributed by atoms with Crippen molar-refractivity contribution in [3.05, 3.63) is 88.5 Å². The van der Waals surface area contributed by atoms with E-state index in [0.29, 0.717) is 31.1 Å². The van der Waals surface area contributed by atoms with Crippen molar-refractivity contribution in [2.24, 2.45) is 5.73 Å². The monoisotopic (exact) mass is 415 g/mol. The molecule has 0 saturated heterocycles. The zero-order valence-corrected chi connectivity index (χ0v) is 17.4. The minimum atomic E-state index is -0.885. The third-order valence-corrected chi connectivity index (χ3v) is 5.39. The summed E-state index contributed by atoms with van der Waals surface area (Å²) in [4.78, 5) is 11.1. The van der Waals surface area contributed by atoms with Crippen molar-refractivity contribution in [1.82, 2.24) is 0 Å². The Labute approximate surface area is 181 Å². The van der Waals surface area contributed by atoms with E-state index in [1.165, 1.54) is 0 Å². The summed E-state index contributed by atoms with van der Waals surface area (Å²) in [6.45, 7) is 3.39. The van der Waals surface area contributed by atoms with Gasteiger partial charge >= 0.3 is 5.97 Å². The fourth-order valence-electron chi connectivity index (χ4n) is 3.78. The lowest BCUT2D eigenvalue weighted by Crippen LogP contribution is -2.06. The zero-order valence-electron chi connectivity index (χ0n) is 17.4. The number of fused-ring (bicyclic) bond motifs is 1. The molecule has 1 aliphatic rings. The molecule has 0 unspecified atom stereocenters. The maximum absolute atomic E-state index is 11.1. The van der Waals surface area contributed by atoms with Crippen LogP contribution in [0, 0.1) is 6.92 Å². The summed E-state index contributed by atoms with van der Waals surface area (Å²) in [7, 11) is 0. The molecular formula is C26H25NO4. The van der Waals surface area contributed by atoms with Gasteiger partial charge in [-0.25, -0.2) is 0 Å². The van der Waals surface area contributed by atoms with Gasteiger partial charge in [-0.15, -0.1) is 0 Å². The summed E-state index contributed by atoms with van der Waals surface area (Å²) < 4.78 is 12.0. The second-order valence-electron chi connectivity index (χ2n) is 7.59. The average molecular weight is 415 g/mol. The molecule has 5 nitrogen and oxygen atoms in total. The summed E-state index contributed by atoms with van der Waals surface area (Å²) in [6.07, 6.45) is 3.97. The molecule has 3 aromatic rings. The van der Waals surface area contributed by atoms with Crippen LogP contribution in [0.2, 0.25) is 0 Å². The summed E-state index contributed by atoms with van der Waals surface area (Å²) >= 11 is 0. The van der Waals surface area contributed by atoms with Gasteiger partial charge in [-0.2, -0.15) is 0 Å². The molecule has 0 atom stereocenters. The number of carbonyl (C=O) groups is 1. The largest absolute Gasteiger partial charge is 0.489 e.